The number of aliphatic hydroxyl groups excluding tert-OH is 2. The molecule has 0 bridgehead atoms. The Labute approximate surface area is 197 Å². The zero-order chi connectivity index (χ0) is 23.4. The molecule has 5 aliphatic rings. The molecule has 5 rings (SSSR count). The van der Waals surface area contributed by atoms with Crippen molar-refractivity contribution in [3.63, 3.8) is 0 Å². The molecule has 0 aromatic rings. The number of hydrogen-bond donors (Lipinski definition) is 2. The van der Waals surface area contributed by atoms with Crippen LogP contribution in [0.15, 0.2) is 11.6 Å². The Morgan fingerprint density at radius 3 is 2.22 bits per heavy atom. The fourth-order valence-corrected chi connectivity index (χ4v) is 10.5. The van der Waals surface area contributed by atoms with Crippen LogP contribution in [0.4, 0.5) is 0 Å². The highest BCUT2D eigenvalue weighted by molar-refractivity contribution is 5.33. The maximum atomic E-state index is 10.9. The molecule has 5 aliphatic carbocycles. The third-order valence-electron chi connectivity index (χ3n) is 13.2. The van der Waals surface area contributed by atoms with Gasteiger partial charge in [-0.3, -0.25) is 0 Å². The van der Waals surface area contributed by atoms with Gasteiger partial charge >= 0.3 is 0 Å². The second-order valence-corrected chi connectivity index (χ2v) is 15.1. The molecule has 0 unspecified atom stereocenters. The summed E-state index contributed by atoms with van der Waals surface area (Å²) in [4.78, 5) is 0. The van der Waals surface area contributed by atoms with Crippen molar-refractivity contribution in [1.82, 2.24) is 0 Å². The van der Waals surface area contributed by atoms with Crippen molar-refractivity contribution in [2.24, 2.45) is 50.2 Å². The molecule has 0 heterocycles. The van der Waals surface area contributed by atoms with E-state index in [9.17, 15) is 10.2 Å². The lowest BCUT2D eigenvalue weighted by Gasteiger charge is -2.71. The smallest absolute Gasteiger partial charge is 0.0618 e. The molecule has 2 heteroatoms. The van der Waals surface area contributed by atoms with E-state index in [0.29, 0.717) is 33.5 Å². The monoisotopic (exact) mass is 442 g/mol. The largest absolute Gasteiger partial charge is 0.396 e. The lowest BCUT2D eigenvalue weighted by Crippen LogP contribution is -2.65. The van der Waals surface area contributed by atoms with Crippen LogP contribution in [0.25, 0.3) is 0 Å². The molecule has 2 nitrogen and oxygen atoms in total. The maximum absolute atomic E-state index is 10.9. The van der Waals surface area contributed by atoms with Crippen LogP contribution in [0.3, 0.4) is 0 Å². The average Bonchev–Trinajstić information content (AvgIpc) is 2.73. The van der Waals surface area contributed by atoms with Gasteiger partial charge in [0.1, 0.15) is 0 Å². The second-order valence-electron chi connectivity index (χ2n) is 15.1. The van der Waals surface area contributed by atoms with Gasteiger partial charge in [0.2, 0.25) is 0 Å². The number of aliphatic hydroxyl groups is 2. The Morgan fingerprint density at radius 2 is 1.53 bits per heavy atom. The van der Waals surface area contributed by atoms with E-state index in [1.165, 1.54) is 44.9 Å². The first kappa shape index (κ1) is 23.4. The van der Waals surface area contributed by atoms with Crippen molar-refractivity contribution >= 4 is 0 Å². The molecule has 0 aromatic heterocycles. The molecule has 0 amide bonds. The predicted octanol–water partition coefficient (Wildman–Crippen LogP) is 7.14. The Kier molecular flexibility index (Phi) is 5.02. The van der Waals surface area contributed by atoms with Gasteiger partial charge in [0.25, 0.3) is 0 Å². The lowest BCUT2D eigenvalue weighted by atomic mass is 9.33. The highest BCUT2D eigenvalue weighted by Gasteiger charge is 2.68. The molecule has 0 spiro atoms. The lowest BCUT2D eigenvalue weighted by molar-refractivity contribution is -0.215. The van der Waals surface area contributed by atoms with Gasteiger partial charge < -0.3 is 10.2 Å². The summed E-state index contributed by atoms with van der Waals surface area (Å²) in [6, 6.07) is 0. The minimum Gasteiger partial charge on any atom is -0.396 e. The first-order valence-corrected chi connectivity index (χ1v) is 13.8. The van der Waals surface area contributed by atoms with Crippen LogP contribution in [-0.2, 0) is 0 Å². The highest BCUT2D eigenvalue weighted by Crippen LogP contribution is 2.75. The first-order valence-electron chi connectivity index (χ1n) is 13.8. The third-order valence-corrected chi connectivity index (χ3v) is 13.2. The Morgan fingerprint density at radius 1 is 0.844 bits per heavy atom. The van der Waals surface area contributed by atoms with E-state index < -0.39 is 0 Å². The van der Waals surface area contributed by atoms with Crippen LogP contribution in [0.2, 0.25) is 0 Å². The SMILES string of the molecule is CC1(C)CC[C@]2(C)CC[C@]3(C)C(=CC[C@@H]4[C@@]5(C)CC[C@@H](O)[C@@](C)(CO)[C@@H]5CC[C@]43C)[C@H]2C1. The Bertz CT molecular complexity index is 814. The summed E-state index contributed by atoms with van der Waals surface area (Å²) in [5, 5.41) is 21.3. The van der Waals surface area contributed by atoms with Crippen LogP contribution in [0.5, 0.6) is 0 Å². The van der Waals surface area contributed by atoms with E-state index in [1.807, 2.05) is 5.57 Å². The van der Waals surface area contributed by atoms with Gasteiger partial charge in [-0.1, -0.05) is 60.1 Å². The third kappa shape index (κ3) is 2.78. The fraction of sp³-hybridized carbons (Fsp3) is 0.933. The molecule has 0 aliphatic heterocycles. The zero-order valence-corrected chi connectivity index (χ0v) is 22.1. The summed E-state index contributed by atoms with van der Waals surface area (Å²) in [6.45, 7) is 17.7. The van der Waals surface area contributed by atoms with Crippen molar-refractivity contribution in [2.45, 2.75) is 119 Å². The number of rotatable bonds is 1. The number of hydrogen-bond acceptors (Lipinski definition) is 2. The van der Waals surface area contributed by atoms with Gasteiger partial charge in [0.05, 0.1) is 12.7 Å². The van der Waals surface area contributed by atoms with E-state index in [2.05, 4.69) is 54.5 Å². The van der Waals surface area contributed by atoms with Crippen LogP contribution in [0.1, 0.15) is 113 Å². The minimum absolute atomic E-state index is 0.117. The summed E-state index contributed by atoms with van der Waals surface area (Å²) in [5.74, 6) is 1.83. The van der Waals surface area contributed by atoms with E-state index in [-0.39, 0.29) is 23.5 Å². The molecule has 0 saturated heterocycles. The van der Waals surface area contributed by atoms with Gasteiger partial charge in [-0.2, -0.15) is 0 Å². The van der Waals surface area contributed by atoms with Crippen LogP contribution < -0.4 is 0 Å². The zero-order valence-electron chi connectivity index (χ0n) is 22.1. The molecule has 4 fully saturated rings. The minimum atomic E-state index is -0.361. The van der Waals surface area contributed by atoms with Crippen LogP contribution >= 0.6 is 0 Å². The van der Waals surface area contributed by atoms with E-state index in [4.69, 9.17) is 0 Å². The number of fused-ring (bicyclic) bond motifs is 7. The average molecular weight is 443 g/mol. The standard InChI is InChI=1S/C30H50O2/c1-25(2)14-15-26(3)16-17-29(6)20(21(26)18-25)8-9-23-27(4)12-11-24(32)28(5,19-31)22(27)10-13-30(23,29)7/h8,21-24,31-32H,9-19H2,1-7H3/t21-,22-,23-,24-,26-,27+,28+,29-,30-/m1/s1. The molecular weight excluding hydrogens is 392 g/mol. The second kappa shape index (κ2) is 6.87. The van der Waals surface area contributed by atoms with Gasteiger partial charge in [0.15, 0.2) is 0 Å². The van der Waals surface area contributed by atoms with E-state index >= 15 is 0 Å². The molecule has 0 aromatic carbocycles. The quantitative estimate of drug-likeness (QED) is 0.424. The summed E-state index contributed by atoms with van der Waals surface area (Å²) < 4.78 is 0. The topological polar surface area (TPSA) is 40.5 Å². The van der Waals surface area contributed by atoms with Crippen LogP contribution in [0, 0.1) is 50.2 Å². The molecule has 2 N–H and O–H groups in total. The van der Waals surface area contributed by atoms with Crippen LogP contribution in [-0.4, -0.2) is 22.9 Å². The van der Waals surface area contributed by atoms with Gasteiger partial charge in [-0.05, 0) is 109 Å². The van der Waals surface area contributed by atoms with E-state index in [0.717, 1.165) is 25.2 Å². The van der Waals surface area contributed by atoms with Crippen molar-refractivity contribution in [2.75, 3.05) is 6.61 Å². The summed E-state index contributed by atoms with van der Waals surface area (Å²) >= 11 is 0. The molecule has 32 heavy (non-hydrogen) atoms. The number of allylic oxidation sites excluding steroid dienone is 2. The normalized spacial score (nSPS) is 56.8. The molecular formula is C30H50O2. The highest BCUT2D eigenvalue weighted by atomic mass is 16.3. The summed E-state index contributed by atoms with van der Waals surface area (Å²) in [7, 11) is 0. The van der Waals surface area contributed by atoms with E-state index in [1.54, 1.807) is 0 Å². The van der Waals surface area contributed by atoms with Crippen molar-refractivity contribution in [3.05, 3.63) is 11.6 Å². The van der Waals surface area contributed by atoms with Crippen molar-refractivity contribution in [1.29, 1.82) is 0 Å². The predicted molar refractivity (Wildman–Crippen MR) is 132 cm³/mol. The molecule has 9 atom stereocenters. The first-order chi connectivity index (χ1) is 14.8. The Hall–Kier alpha value is -0.340. The molecule has 4 saturated carbocycles. The van der Waals surface area contributed by atoms with Gasteiger partial charge in [0, 0.05) is 5.41 Å². The molecule has 0 radical (unpaired) electrons. The maximum Gasteiger partial charge on any atom is 0.0618 e. The van der Waals surface area contributed by atoms with Crippen molar-refractivity contribution < 1.29 is 10.2 Å². The fourth-order valence-electron chi connectivity index (χ4n) is 10.5. The molecule has 182 valence electrons. The summed E-state index contributed by atoms with van der Waals surface area (Å²) in [5.41, 5.74) is 3.28. The Balaban J connectivity index is 1.57. The van der Waals surface area contributed by atoms with Gasteiger partial charge in [-0.15, -0.1) is 0 Å². The van der Waals surface area contributed by atoms with Crippen molar-refractivity contribution in [3.8, 4) is 0 Å². The summed E-state index contributed by atoms with van der Waals surface area (Å²) in [6.07, 6.45) is 14.8. The van der Waals surface area contributed by atoms with Gasteiger partial charge in [-0.25, -0.2) is 0 Å².